The van der Waals surface area contributed by atoms with E-state index in [0.29, 0.717) is 5.56 Å². The van der Waals surface area contributed by atoms with Gasteiger partial charge in [0.25, 0.3) is 0 Å². The first kappa shape index (κ1) is 28.7. The van der Waals surface area contributed by atoms with E-state index in [1.807, 2.05) is 0 Å². The summed E-state index contributed by atoms with van der Waals surface area (Å²) in [6, 6.07) is 2.74. The number of aliphatic carboxylic acids is 1. The highest BCUT2D eigenvalue weighted by Gasteiger charge is 2.36. The topological polar surface area (TPSA) is 161 Å². The van der Waals surface area contributed by atoms with Gasteiger partial charge in [-0.1, -0.05) is 26.8 Å². The Kier molecular flexibility index (Phi) is 11.3. The molecule has 34 heavy (non-hydrogen) atoms. The predicted octanol–water partition coefficient (Wildman–Crippen LogP) is 3.48. The molecule has 0 aliphatic rings. The Morgan fingerprint density at radius 2 is 1.44 bits per heavy atom. The molecule has 0 amide bonds. The summed E-state index contributed by atoms with van der Waals surface area (Å²) in [6.45, 7) is 9.97. The fourth-order valence-corrected chi connectivity index (χ4v) is 3.08. The average Bonchev–Trinajstić information content (AvgIpc) is 2.75. The molecule has 0 aliphatic heterocycles. The first-order valence-corrected chi connectivity index (χ1v) is 10.9. The van der Waals surface area contributed by atoms with Crippen LogP contribution >= 0.6 is 0 Å². The van der Waals surface area contributed by atoms with Gasteiger partial charge in [0.2, 0.25) is 0 Å². The highest BCUT2D eigenvalue weighted by atomic mass is 16.7. The lowest BCUT2D eigenvalue weighted by Gasteiger charge is -2.32. The summed E-state index contributed by atoms with van der Waals surface area (Å²) >= 11 is 0. The van der Waals surface area contributed by atoms with Gasteiger partial charge in [-0.15, -0.1) is 0 Å². The summed E-state index contributed by atoms with van der Waals surface area (Å²) in [6.07, 6.45) is -2.76. The SMILES string of the molecule is CCOC(=O)Oc1ccc(C([C@H](N)C(=O)O)[C@@H](C)[C@@H](C)OC(=O)C(C)C)cc1OC(=O)OCC. The maximum Gasteiger partial charge on any atom is 0.513 e. The van der Waals surface area contributed by atoms with Crippen LogP contribution in [0.4, 0.5) is 9.59 Å². The van der Waals surface area contributed by atoms with Gasteiger partial charge in [0, 0.05) is 11.8 Å². The number of hydrogen-bond acceptors (Lipinski definition) is 10. The number of carboxylic acids is 1. The van der Waals surface area contributed by atoms with Crippen LogP contribution in [-0.4, -0.2) is 54.7 Å². The van der Waals surface area contributed by atoms with Gasteiger partial charge in [0.1, 0.15) is 12.1 Å². The Hall–Kier alpha value is -3.34. The molecule has 0 aromatic heterocycles. The number of benzene rings is 1. The molecule has 0 fully saturated rings. The number of carboxylic acid groups (broad SMARTS) is 1. The molecular weight excluding hydrogens is 450 g/mol. The van der Waals surface area contributed by atoms with Gasteiger partial charge in [-0.05, 0) is 38.5 Å². The molecule has 1 aromatic rings. The fourth-order valence-electron chi connectivity index (χ4n) is 3.08. The van der Waals surface area contributed by atoms with Crippen molar-refractivity contribution >= 4 is 24.2 Å². The molecule has 0 aliphatic carbocycles. The summed E-state index contributed by atoms with van der Waals surface area (Å²) in [4.78, 5) is 47.6. The smallest absolute Gasteiger partial charge is 0.480 e. The van der Waals surface area contributed by atoms with E-state index in [2.05, 4.69) is 0 Å². The van der Waals surface area contributed by atoms with Crippen LogP contribution in [0.15, 0.2) is 18.2 Å². The second-order valence-corrected chi connectivity index (χ2v) is 7.82. The number of nitrogens with two attached hydrogens (primary N) is 1. The summed E-state index contributed by atoms with van der Waals surface area (Å²) in [5, 5.41) is 9.61. The second-order valence-electron chi connectivity index (χ2n) is 7.82. The van der Waals surface area contributed by atoms with Gasteiger partial charge in [-0.2, -0.15) is 0 Å². The molecule has 0 saturated heterocycles. The van der Waals surface area contributed by atoms with E-state index in [1.165, 1.54) is 18.2 Å². The van der Waals surface area contributed by atoms with Gasteiger partial charge in [-0.25, -0.2) is 9.59 Å². The van der Waals surface area contributed by atoms with Gasteiger partial charge in [0.15, 0.2) is 11.5 Å². The zero-order valence-corrected chi connectivity index (χ0v) is 20.2. The summed E-state index contributed by atoms with van der Waals surface area (Å²) in [5.74, 6) is -3.86. The van der Waals surface area contributed by atoms with Crippen molar-refractivity contribution in [2.75, 3.05) is 13.2 Å². The summed E-state index contributed by atoms with van der Waals surface area (Å²) < 4.78 is 25.2. The number of rotatable bonds is 11. The monoisotopic (exact) mass is 483 g/mol. The van der Waals surface area contributed by atoms with Gasteiger partial charge < -0.3 is 34.5 Å². The number of hydrogen-bond donors (Lipinski definition) is 2. The van der Waals surface area contributed by atoms with Crippen LogP contribution in [0.2, 0.25) is 0 Å². The fraction of sp³-hybridized carbons (Fsp3) is 0.565. The van der Waals surface area contributed by atoms with Crippen LogP contribution in [0.5, 0.6) is 11.5 Å². The first-order valence-electron chi connectivity index (χ1n) is 10.9. The molecule has 4 atom stereocenters. The van der Waals surface area contributed by atoms with E-state index in [1.54, 1.807) is 41.5 Å². The highest BCUT2D eigenvalue weighted by Crippen LogP contribution is 2.37. The highest BCUT2D eigenvalue weighted by molar-refractivity contribution is 5.75. The number of esters is 1. The van der Waals surface area contributed by atoms with E-state index in [9.17, 15) is 24.3 Å². The van der Waals surface area contributed by atoms with Gasteiger partial charge >= 0.3 is 24.2 Å². The molecule has 0 saturated carbocycles. The zero-order chi connectivity index (χ0) is 26.0. The maximum absolute atomic E-state index is 12.1. The molecule has 1 rings (SSSR count). The van der Waals surface area contributed by atoms with Crippen LogP contribution in [0.1, 0.15) is 53.0 Å². The van der Waals surface area contributed by atoms with E-state index in [-0.39, 0.29) is 30.6 Å². The third-order valence-electron chi connectivity index (χ3n) is 5.02. The van der Waals surface area contributed by atoms with Crippen molar-refractivity contribution < 1.29 is 48.0 Å². The average molecular weight is 484 g/mol. The Balaban J connectivity index is 3.43. The summed E-state index contributed by atoms with van der Waals surface area (Å²) in [7, 11) is 0. The van der Waals surface area contributed by atoms with Gasteiger partial charge in [0.05, 0.1) is 19.1 Å². The lowest BCUT2D eigenvalue weighted by Crippen LogP contribution is -2.43. The van der Waals surface area contributed by atoms with Crippen molar-refractivity contribution in [1.82, 2.24) is 0 Å². The van der Waals surface area contributed by atoms with Gasteiger partial charge in [-0.3, -0.25) is 9.59 Å². The maximum atomic E-state index is 12.1. The van der Waals surface area contributed by atoms with E-state index < -0.39 is 48.2 Å². The molecular formula is C23H33NO10. The van der Waals surface area contributed by atoms with E-state index >= 15 is 0 Å². The first-order chi connectivity index (χ1) is 15.9. The molecule has 0 bridgehead atoms. The van der Waals surface area contributed by atoms with E-state index in [4.69, 9.17) is 29.4 Å². The standard InChI is InChI=1S/C23H33NO10/c1-7-30-22(28)33-16-10-9-15(11-17(16)34-23(29)31-8-2)18(19(24)20(25)26)13(5)14(6)32-21(27)12(3)4/h9-14,18-19H,7-8,24H2,1-6H3,(H,25,26)/t13-,14+,18?,19-/m0/s1. The van der Waals surface area contributed by atoms with Crippen molar-refractivity contribution in [3.63, 3.8) is 0 Å². The summed E-state index contributed by atoms with van der Waals surface area (Å²) in [5.41, 5.74) is 6.35. The van der Waals surface area contributed by atoms with Crippen molar-refractivity contribution in [3.05, 3.63) is 23.8 Å². The molecule has 0 radical (unpaired) electrons. The number of ether oxygens (including phenoxy) is 5. The third-order valence-corrected chi connectivity index (χ3v) is 5.02. The Morgan fingerprint density at radius 3 is 1.91 bits per heavy atom. The minimum absolute atomic E-state index is 0.0366. The predicted molar refractivity (Wildman–Crippen MR) is 120 cm³/mol. The quantitative estimate of drug-likeness (QED) is 0.269. The van der Waals surface area contributed by atoms with Crippen LogP contribution in [-0.2, 0) is 23.8 Å². The minimum Gasteiger partial charge on any atom is -0.480 e. The van der Waals surface area contributed by atoms with Crippen LogP contribution in [0, 0.1) is 11.8 Å². The largest absolute Gasteiger partial charge is 0.513 e. The molecule has 190 valence electrons. The lowest BCUT2D eigenvalue weighted by atomic mass is 9.79. The number of carbonyl (C=O) groups is 4. The molecule has 0 spiro atoms. The van der Waals surface area contributed by atoms with Crippen molar-refractivity contribution in [3.8, 4) is 11.5 Å². The number of carbonyl (C=O) groups excluding carboxylic acids is 3. The van der Waals surface area contributed by atoms with Crippen molar-refractivity contribution in [1.29, 1.82) is 0 Å². The molecule has 1 unspecified atom stereocenters. The van der Waals surface area contributed by atoms with Crippen LogP contribution < -0.4 is 15.2 Å². The second kappa shape index (κ2) is 13.4. The zero-order valence-electron chi connectivity index (χ0n) is 20.2. The minimum atomic E-state index is -1.39. The van der Waals surface area contributed by atoms with Crippen LogP contribution in [0.25, 0.3) is 0 Å². The Bertz CT molecular complexity index is 869. The van der Waals surface area contributed by atoms with Crippen molar-refractivity contribution in [2.24, 2.45) is 17.6 Å². The normalized spacial score (nSPS) is 14.4. The molecule has 1 aromatic carbocycles. The molecule has 0 heterocycles. The molecule has 11 nitrogen and oxygen atoms in total. The van der Waals surface area contributed by atoms with E-state index in [0.717, 1.165) is 0 Å². The molecule has 3 N–H and O–H groups in total. The Labute approximate surface area is 198 Å². The lowest BCUT2D eigenvalue weighted by molar-refractivity contribution is -0.155. The molecule has 11 heteroatoms. The van der Waals surface area contributed by atoms with Crippen LogP contribution in [0.3, 0.4) is 0 Å². The van der Waals surface area contributed by atoms with Crippen molar-refractivity contribution in [2.45, 2.75) is 59.6 Å². The third kappa shape index (κ3) is 8.22. The Morgan fingerprint density at radius 1 is 0.912 bits per heavy atom.